The van der Waals surface area contributed by atoms with Gasteiger partial charge in [-0.05, 0) is 58.3 Å². The van der Waals surface area contributed by atoms with Crippen LogP contribution in [-0.2, 0) is 4.79 Å². The number of likely N-dealkylation sites (N-methyl/N-ethyl adjacent to an activating group) is 2. The van der Waals surface area contributed by atoms with Crippen molar-refractivity contribution in [1.29, 1.82) is 5.41 Å². The van der Waals surface area contributed by atoms with Crippen LogP contribution in [-0.4, -0.2) is 74.4 Å². The number of hydrogen-bond acceptors (Lipinski definition) is 9. The van der Waals surface area contributed by atoms with Gasteiger partial charge < -0.3 is 35.9 Å². The lowest BCUT2D eigenvalue weighted by Crippen LogP contribution is -2.29. The minimum Gasteiger partial charge on any atom is -0.494 e. The summed E-state index contributed by atoms with van der Waals surface area (Å²) < 4.78 is 20.5. The van der Waals surface area contributed by atoms with Crippen LogP contribution in [0.2, 0.25) is 0 Å². The second-order valence-corrected chi connectivity index (χ2v) is 9.74. The smallest absolute Gasteiger partial charge is 0.247 e. The minimum absolute atomic E-state index is 0.0455. The molecule has 0 bridgehead atoms. The van der Waals surface area contributed by atoms with Crippen LogP contribution in [0.3, 0.4) is 0 Å². The van der Waals surface area contributed by atoms with E-state index >= 15 is 0 Å². The molecule has 3 aromatic rings. The highest BCUT2D eigenvalue weighted by atomic mass is 19.1. The molecule has 0 aliphatic rings. The lowest BCUT2D eigenvalue weighted by molar-refractivity contribution is -0.111. The summed E-state index contributed by atoms with van der Waals surface area (Å²) in [5, 5.41) is 16.8. The van der Waals surface area contributed by atoms with Crippen molar-refractivity contribution in [3.8, 4) is 17.0 Å². The number of aromatic nitrogens is 2. The van der Waals surface area contributed by atoms with Gasteiger partial charge in [0, 0.05) is 55.9 Å². The Bertz CT molecular complexity index is 1380. The van der Waals surface area contributed by atoms with Gasteiger partial charge in [-0.3, -0.25) is 4.79 Å². The number of amides is 1. The van der Waals surface area contributed by atoms with Gasteiger partial charge in [-0.15, -0.1) is 0 Å². The average molecular weight is 549 g/mol. The van der Waals surface area contributed by atoms with Crippen LogP contribution in [0.25, 0.3) is 11.3 Å². The molecule has 3 rings (SSSR count). The summed E-state index contributed by atoms with van der Waals surface area (Å²) in [6.45, 7) is 8.96. The Balaban J connectivity index is 2.01. The number of carbonyl (C=O) groups excluding carboxylic acids is 1. The topological polar surface area (TPSA) is 118 Å². The number of hydrogen-bond donors (Lipinski definition) is 4. The first kappa shape index (κ1) is 30.0. The van der Waals surface area contributed by atoms with E-state index in [0.29, 0.717) is 40.6 Å². The van der Waals surface area contributed by atoms with Crippen LogP contribution in [0.5, 0.6) is 5.75 Å². The zero-order valence-electron chi connectivity index (χ0n) is 23.8. The third-order valence-electron chi connectivity index (χ3n) is 5.97. The fourth-order valence-corrected chi connectivity index (χ4v) is 3.95. The SMILES string of the molecule is C=CC(=O)Nc1cc(Nc2nccc(-c3cc(F)c(C=N)c(NC(C)C)c3)n2)c(OC)cc1N(C)CCN(C)C. The van der Waals surface area contributed by atoms with E-state index in [0.717, 1.165) is 18.4 Å². The fourth-order valence-electron chi connectivity index (χ4n) is 3.95. The van der Waals surface area contributed by atoms with Gasteiger partial charge in [0.25, 0.3) is 0 Å². The molecule has 4 N–H and O–H groups in total. The Morgan fingerprint density at radius 2 is 1.90 bits per heavy atom. The monoisotopic (exact) mass is 548 g/mol. The van der Waals surface area contributed by atoms with Crippen LogP contribution < -0.4 is 25.6 Å². The number of nitrogens with one attached hydrogen (secondary N) is 4. The summed E-state index contributed by atoms with van der Waals surface area (Å²) in [6, 6.07) is 8.41. The predicted octanol–water partition coefficient (Wildman–Crippen LogP) is 4.98. The van der Waals surface area contributed by atoms with Crippen LogP contribution in [0.1, 0.15) is 19.4 Å². The molecule has 212 valence electrons. The number of methoxy groups -OCH3 is 1. The second kappa shape index (κ2) is 13.5. The van der Waals surface area contributed by atoms with Crippen molar-refractivity contribution >= 4 is 40.8 Å². The maximum absolute atomic E-state index is 14.9. The van der Waals surface area contributed by atoms with Crippen molar-refractivity contribution in [2.75, 3.05) is 62.2 Å². The first-order chi connectivity index (χ1) is 19.1. The normalized spacial score (nSPS) is 10.8. The van der Waals surface area contributed by atoms with Crippen LogP contribution >= 0.6 is 0 Å². The van der Waals surface area contributed by atoms with Crippen molar-refractivity contribution in [2.45, 2.75) is 19.9 Å². The van der Waals surface area contributed by atoms with E-state index in [1.807, 2.05) is 46.0 Å². The van der Waals surface area contributed by atoms with Crippen molar-refractivity contribution < 1.29 is 13.9 Å². The van der Waals surface area contributed by atoms with E-state index in [9.17, 15) is 9.18 Å². The second-order valence-electron chi connectivity index (χ2n) is 9.74. The number of anilines is 5. The van der Waals surface area contributed by atoms with Gasteiger partial charge in [0.05, 0.1) is 35.4 Å². The molecule has 0 spiro atoms. The van der Waals surface area contributed by atoms with Crippen LogP contribution in [0.4, 0.5) is 33.1 Å². The Kier molecular flexibility index (Phi) is 10.2. The van der Waals surface area contributed by atoms with Gasteiger partial charge in [0.1, 0.15) is 11.6 Å². The molecule has 0 fully saturated rings. The molecule has 11 heteroatoms. The van der Waals surface area contributed by atoms with Crippen molar-refractivity contribution in [3.63, 3.8) is 0 Å². The van der Waals surface area contributed by atoms with Gasteiger partial charge in [0.15, 0.2) is 0 Å². The van der Waals surface area contributed by atoms with E-state index in [1.54, 1.807) is 31.5 Å². The van der Waals surface area contributed by atoms with Crippen LogP contribution in [0.15, 0.2) is 49.2 Å². The van der Waals surface area contributed by atoms with E-state index in [4.69, 9.17) is 10.1 Å². The molecule has 0 radical (unpaired) electrons. The average Bonchev–Trinajstić information content (AvgIpc) is 2.91. The molecular weight excluding hydrogens is 511 g/mol. The Morgan fingerprint density at radius 3 is 2.52 bits per heavy atom. The highest BCUT2D eigenvalue weighted by Gasteiger charge is 2.17. The maximum Gasteiger partial charge on any atom is 0.247 e. The Hall–Kier alpha value is -4.51. The van der Waals surface area contributed by atoms with Crippen LogP contribution in [0, 0.1) is 11.2 Å². The summed E-state index contributed by atoms with van der Waals surface area (Å²) in [5.74, 6) is -0.109. The van der Waals surface area contributed by atoms with Crippen molar-refractivity contribution in [2.24, 2.45) is 0 Å². The van der Waals surface area contributed by atoms with E-state index < -0.39 is 5.82 Å². The van der Waals surface area contributed by atoms with Gasteiger partial charge in [-0.2, -0.15) is 0 Å². The summed E-state index contributed by atoms with van der Waals surface area (Å²) in [6.07, 6.45) is 3.77. The van der Waals surface area contributed by atoms with Gasteiger partial charge in [-0.25, -0.2) is 14.4 Å². The molecular formula is C29H37FN8O2. The standard InChI is InChI=1S/C29H37FN8O2/c1-8-28(39)34-24-15-25(27(40-7)16-26(24)38(6)12-11-37(4)5)36-29-32-10-9-22(35-29)19-13-21(30)20(17-31)23(14-19)33-18(2)3/h8-10,13-18,31,33H,1,11-12H2,2-7H3,(H,34,39)(H,32,35,36). The maximum atomic E-state index is 14.9. The Labute approximate surface area is 234 Å². The van der Waals surface area contributed by atoms with Gasteiger partial charge in [-0.1, -0.05) is 6.58 Å². The molecule has 40 heavy (non-hydrogen) atoms. The zero-order chi connectivity index (χ0) is 29.4. The lowest BCUT2D eigenvalue weighted by Gasteiger charge is -2.26. The predicted molar refractivity (Wildman–Crippen MR) is 161 cm³/mol. The van der Waals surface area contributed by atoms with E-state index in [2.05, 4.69) is 37.4 Å². The van der Waals surface area contributed by atoms with Crippen molar-refractivity contribution in [3.05, 3.63) is 60.6 Å². The molecule has 0 aliphatic heterocycles. The molecule has 1 heterocycles. The molecule has 10 nitrogen and oxygen atoms in total. The molecule has 0 aliphatic carbocycles. The molecule has 2 aromatic carbocycles. The number of halogens is 1. The summed E-state index contributed by atoms with van der Waals surface area (Å²) in [5.41, 5.74) is 3.54. The van der Waals surface area contributed by atoms with E-state index in [-0.39, 0.29) is 23.5 Å². The number of benzene rings is 2. The summed E-state index contributed by atoms with van der Waals surface area (Å²) >= 11 is 0. The molecule has 0 saturated carbocycles. The van der Waals surface area contributed by atoms with E-state index in [1.165, 1.54) is 12.1 Å². The number of carbonyl (C=O) groups is 1. The number of ether oxygens (including phenoxy) is 1. The highest BCUT2D eigenvalue weighted by Crippen LogP contribution is 2.38. The summed E-state index contributed by atoms with van der Waals surface area (Å²) in [4.78, 5) is 25.3. The first-order valence-corrected chi connectivity index (χ1v) is 12.8. The third kappa shape index (κ3) is 7.54. The quantitative estimate of drug-likeness (QED) is 0.175. The molecule has 0 saturated heterocycles. The molecule has 0 atom stereocenters. The highest BCUT2D eigenvalue weighted by molar-refractivity contribution is 6.02. The van der Waals surface area contributed by atoms with Crippen molar-refractivity contribution in [1.82, 2.24) is 14.9 Å². The molecule has 1 aromatic heterocycles. The largest absolute Gasteiger partial charge is 0.494 e. The zero-order valence-corrected chi connectivity index (χ0v) is 23.8. The number of nitrogens with zero attached hydrogens (tertiary/aromatic N) is 4. The fraction of sp³-hybridized carbons (Fsp3) is 0.310. The lowest BCUT2D eigenvalue weighted by atomic mass is 10.1. The third-order valence-corrected chi connectivity index (χ3v) is 5.97. The van der Waals surface area contributed by atoms with Gasteiger partial charge in [0.2, 0.25) is 11.9 Å². The molecule has 0 unspecified atom stereocenters. The number of rotatable bonds is 13. The minimum atomic E-state index is -0.526. The first-order valence-electron chi connectivity index (χ1n) is 12.8. The Morgan fingerprint density at radius 1 is 1.15 bits per heavy atom. The van der Waals surface area contributed by atoms with Gasteiger partial charge >= 0.3 is 0 Å². The molecule has 1 amide bonds. The summed E-state index contributed by atoms with van der Waals surface area (Å²) in [7, 11) is 7.48.